The van der Waals surface area contributed by atoms with Crippen LogP contribution in [0.25, 0.3) is 10.9 Å². The van der Waals surface area contributed by atoms with Crippen LogP contribution in [0, 0.1) is 0 Å². The van der Waals surface area contributed by atoms with Gasteiger partial charge in [0.1, 0.15) is 5.69 Å². The lowest BCUT2D eigenvalue weighted by Crippen LogP contribution is -2.23. The first-order valence-electron chi connectivity index (χ1n) is 8.64. The van der Waals surface area contributed by atoms with Crippen molar-refractivity contribution in [2.24, 2.45) is 0 Å². The Hall–Kier alpha value is -2.07. The summed E-state index contributed by atoms with van der Waals surface area (Å²) in [5.74, 6) is -0.0966. The van der Waals surface area contributed by atoms with E-state index in [2.05, 4.69) is 4.98 Å². The van der Waals surface area contributed by atoms with Crippen LogP contribution in [0.15, 0.2) is 42.5 Å². The minimum absolute atomic E-state index is 0.122. The molecule has 0 amide bonds. The third-order valence-corrected chi connectivity index (χ3v) is 7.69. The van der Waals surface area contributed by atoms with Crippen molar-refractivity contribution in [1.82, 2.24) is 4.98 Å². The van der Waals surface area contributed by atoms with Gasteiger partial charge in [0.2, 0.25) is 0 Å². The molecule has 1 aliphatic carbocycles. The number of benzene rings is 2. The van der Waals surface area contributed by atoms with Gasteiger partial charge in [-0.15, -0.1) is 0 Å². The first-order valence-corrected chi connectivity index (χ1v) is 10.6. The molecule has 0 aliphatic heterocycles. The van der Waals surface area contributed by atoms with Gasteiger partial charge in [0.15, 0.2) is 0 Å². The molecule has 7 heteroatoms. The van der Waals surface area contributed by atoms with Gasteiger partial charge in [0.25, 0.3) is 7.37 Å². The molecule has 0 radical (unpaired) electrons. The lowest BCUT2D eigenvalue weighted by molar-refractivity contribution is 0.0596. The van der Waals surface area contributed by atoms with Gasteiger partial charge in [-0.2, -0.15) is 0 Å². The minimum atomic E-state index is -3.56. The molecule has 4 rings (SSSR count). The lowest BCUT2D eigenvalue weighted by atomic mass is 10.1. The predicted octanol–water partition coefficient (Wildman–Crippen LogP) is 4.36. The zero-order valence-electron chi connectivity index (χ0n) is 15.0. The number of fused-ring (bicyclic) bond motifs is 1. The van der Waals surface area contributed by atoms with Crippen LogP contribution in [0.4, 0.5) is 0 Å². The van der Waals surface area contributed by atoms with E-state index in [4.69, 9.17) is 20.9 Å². The molecule has 0 bridgehead atoms. The van der Waals surface area contributed by atoms with Gasteiger partial charge < -0.3 is 14.2 Å². The van der Waals surface area contributed by atoms with E-state index in [1.54, 1.807) is 24.3 Å². The van der Waals surface area contributed by atoms with E-state index in [1.807, 2.05) is 18.2 Å². The molecular weight excluding hydrogens is 385 g/mol. The van der Waals surface area contributed by atoms with Crippen molar-refractivity contribution in [1.29, 1.82) is 0 Å². The topological polar surface area (TPSA) is 68.4 Å². The number of hydrogen-bond acceptors (Lipinski definition) is 4. The average Bonchev–Trinajstić information content (AvgIpc) is 3.47. The van der Waals surface area contributed by atoms with Crippen LogP contribution < -0.4 is 10.6 Å². The second-order valence-corrected chi connectivity index (χ2v) is 9.50. The van der Waals surface area contributed by atoms with Gasteiger partial charge in [0.05, 0.1) is 12.4 Å². The number of nitrogens with one attached hydrogen (secondary N) is 1. The molecule has 1 aromatic heterocycles. The summed E-state index contributed by atoms with van der Waals surface area (Å²) in [6.07, 6.45) is 2.27. The van der Waals surface area contributed by atoms with Crippen LogP contribution in [0.1, 0.15) is 34.8 Å². The Kier molecular flexibility index (Phi) is 4.63. The van der Waals surface area contributed by atoms with Gasteiger partial charge in [-0.05, 0) is 54.7 Å². The smallest absolute Gasteiger partial charge is 0.355 e. The number of ether oxygens (including phenoxy) is 1. The van der Waals surface area contributed by atoms with E-state index in [9.17, 15) is 9.36 Å². The van der Waals surface area contributed by atoms with Crippen LogP contribution in [0.3, 0.4) is 0 Å². The highest BCUT2D eigenvalue weighted by Crippen LogP contribution is 2.48. The van der Waals surface area contributed by atoms with Gasteiger partial charge in [0, 0.05) is 28.3 Å². The molecular formula is C20H19ClNO4P. The number of methoxy groups -OCH3 is 1. The summed E-state index contributed by atoms with van der Waals surface area (Å²) in [7, 11) is -0.871. The molecule has 1 saturated carbocycles. The zero-order chi connectivity index (χ0) is 19.2. The van der Waals surface area contributed by atoms with Gasteiger partial charge >= 0.3 is 5.97 Å². The Morgan fingerprint density at radius 2 is 1.96 bits per heavy atom. The molecule has 0 saturated heterocycles. The molecule has 1 unspecified atom stereocenters. The molecule has 1 fully saturated rings. The van der Waals surface area contributed by atoms with Crippen molar-refractivity contribution in [3.63, 3.8) is 0 Å². The highest BCUT2D eigenvalue weighted by molar-refractivity contribution is 7.75. The molecule has 140 valence electrons. The third-order valence-electron chi connectivity index (χ3n) is 4.93. The Labute approximate surface area is 162 Å². The average molecular weight is 404 g/mol. The van der Waals surface area contributed by atoms with E-state index in [1.165, 1.54) is 14.2 Å². The van der Waals surface area contributed by atoms with Crippen molar-refractivity contribution in [3.05, 3.63) is 58.7 Å². The van der Waals surface area contributed by atoms with Crippen molar-refractivity contribution in [3.8, 4) is 0 Å². The van der Waals surface area contributed by atoms with Crippen LogP contribution in [0.5, 0.6) is 0 Å². The van der Waals surface area contributed by atoms with Gasteiger partial charge in [-0.25, -0.2) is 4.79 Å². The second kappa shape index (κ2) is 6.83. The summed E-state index contributed by atoms with van der Waals surface area (Å²) in [6, 6.07) is 12.8. The first-order chi connectivity index (χ1) is 13.0. The number of carbonyl (C=O) groups is 1. The minimum Gasteiger partial charge on any atom is -0.464 e. The lowest BCUT2D eigenvalue weighted by Gasteiger charge is -2.18. The van der Waals surface area contributed by atoms with E-state index in [0.717, 1.165) is 18.4 Å². The number of aromatic nitrogens is 1. The summed E-state index contributed by atoms with van der Waals surface area (Å²) in [6.45, 7) is 0. The van der Waals surface area contributed by atoms with E-state index < -0.39 is 13.3 Å². The van der Waals surface area contributed by atoms with E-state index in [0.29, 0.717) is 32.5 Å². The fraction of sp³-hybridized carbons (Fsp3) is 0.250. The quantitative estimate of drug-likeness (QED) is 0.507. The Morgan fingerprint density at radius 3 is 2.63 bits per heavy atom. The largest absolute Gasteiger partial charge is 0.464 e. The normalized spacial score (nSPS) is 16.3. The predicted molar refractivity (Wildman–Crippen MR) is 107 cm³/mol. The number of hydrogen-bond donors (Lipinski definition) is 1. The number of rotatable bonds is 5. The highest BCUT2D eigenvalue weighted by atomic mass is 35.5. The summed E-state index contributed by atoms with van der Waals surface area (Å²) in [5.41, 5.74) is 1.91. The molecule has 0 spiro atoms. The summed E-state index contributed by atoms with van der Waals surface area (Å²) in [5, 5.41) is 1.92. The van der Waals surface area contributed by atoms with Crippen LogP contribution in [0.2, 0.25) is 5.02 Å². The molecule has 2 aromatic carbocycles. The zero-order valence-corrected chi connectivity index (χ0v) is 16.6. The number of H-pyrrole nitrogens is 1. The van der Waals surface area contributed by atoms with Crippen molar-refractivity contribution < 1.29 is 18.6 Å². The molecule has 27 heavy (non-hydrogen) atoms. The van der Waals surface area contributed by atoms with Gasteiger partial charge in [-0.3, -0.25) is 4.57 Å². The maximum Gasteiger partial charge on any atom is 0.355 e. The Morgan fingerprint density at radius 1 is 1.19 bits per heavy atom. The fourth-order valence-corrected chi connectivity index (χ4v) is 5.78. The maximum absolute atomic E-state index is 14.1. The number of esters is 1. The number of aromatic amines is 1. The summed E-state index contributed by atoms with van der Waals surface area (Å²) < 4.78 is 24.6. The van der Waals surface area contributed by atoms with Crippen LogP contribution in [-0.2, 0) is 13.8 Å². The number of halogens is 1. The van der Waals surface area contributed by atoms with Crippen molar-refractivity contribution in [2.45, 2.75) is 18.8 Å². The second-order valence-electron chi connectivity index (χ2n) is 6.63. The summed E-state index contributed by atoms with van der Waals surface area (Å²) >= 11 is 6.17. The van der Waals surface area contributed by atoms with Crippen molar-refractivity contribution >= 4 is 46.5 Å². The maximum atomic E-state index is 14.1. The third kappa shape index (κ3) is 3.10. The monoisotopic (exact) mass is 403 g/mol. The Bertz CT molecular complexity index is 1090. The van der Waals surface area contributed by atoms with Crippen LogP contribution >= 0.6 is 19.0 Å². The van der Waals surface area contributed by atoms with Crippen molar-refractivity contribution in [2.75, 3.05) is 14.2 Å². The summed E-state index contributed by atoms with van der Waals surface area (Å²) in [4.78, 5) is 15.4. The highest BCUT2D eigenvalue weighted by Gasteiger charge is 2.37. The SMILES string of the molecule is COC(=O)c1[nH]c2ccc(Cl)cc2c1P(=O)(OC)c1cccc(C2CC2)c1. The molecule has 3 aromatic rings. The van der Waals surface area contributed by atoms with Gasteiger partial charge in [-0.1, -0.05) is 23.7 Å². The fourth-order valence-electron chi connectivity index (χ4n) is 3.41. The first kappa shape index (κ1) is 18.3. The van der Waals surface area contributed by atoms with E-state index in [-0.39, 0.29) is 5.69 Å². The molecule has 1 aliphatic rings. The molecule has 1 heterocycles. The standard InChI is InChI=1S/C20H19ClNO4P/c1-25-20(23)18-19(16-11-14(21)8-9-17(16)22-18)27(24,26-2)15-5-3-4-13(10-15)12-6-7-12/h3-5,8-12,22H,6-7H2,1-2H3. The van der Waals surface area contributed by atoms with E-state index >= 15 is 0 Å². The number of carbonyl (C=O) groups excluding carboxylic acids is 1. The molecule has 1 N–H and O–H groups in total. The molecule has 5 nitrogen and oxygen atoms in total. The Balaban J connectivity index is 2.00. The molecule has 1 atom stereocenters. The van der Waals surface area contributed by atoms with Crippen LogP contribution in [-0.4, -0.2) is 25.2 Å².